The molecule has 0 saturated heterocycles. The summed E-state index contributed by atoms with van der Waals surface area (Å²) in [7, 11) is 1.63. The van der Waals surface area contributed by atoms with Gasteiger partial charge in [0.15, 0.2) is 0 Å². The first-order valence-electron chi connectivity index (χ1n) is 8.45. The van der Waals surface area contributed by atoms with Crippen molar-refractivity contribution in [2.75, 3.05) is 18.9 Å². The van der Waals surface area contributed by atoms with Crippen LogP contribution in [-0.4, -0.2) is 30.3 Å². The molecule has 1 unspecified atom stereocenters. The maximum Gasteiger partial charge on any atom is 0.255 e. The van der Waals surface area contributed by atoms with Crippen molar-refractivity contribution in [3.63, 3.8) is 0 Å². The van der Waals surface area contributed by atoms with Crippen molar-refractivity contribution in [1.29, 1.82) is 0 Å². The van der Waals surface area contributed by atoms with Crippen LogP contribution in [0.5, 0.6) is 0 Å². The van der Waals surface area contributed by atoms with Gasteiger partial charge >= 0.3 is 0 Å². The largest absolute Gasteiger partial charge is 0.332 e. The van der Waals surface area contributed by atoms with Crippen LogP contribution in [0.15, 0.2) is 23.6 Å². The Morgan fingerprint density at radius 3 is 2.69 bits per heavy atom. The normalized spacial score (nSPS) is 16.1. The number of likely N-dealkylation sites (N-methyl/N-ethyl adjacent to an activating group) is 1. The lowest BCUT2D eigenvalue weighted by molar-refractivity contribution is -0.116. The Bertz CT molecular complexity index is 830. The molecule has 7 heteroatoms. The molecule has 26 heavy (non-hydrogen) atoms. The van der Waals surface area contributed by atoms with Crippen LogP contribution in [-0.2, 0) is 17.6 Å². The van der Waals surface area contributed by atoms with Gasteiger partial charge in [-0.1, -0.05) is 36.2 Å². The number of fused-ring (bicyclic) bond motifs is 1. The van der Waals surface area contributed by atoms with Gasteiger partial charge in [0.1, 0.15) is 0 Å². The van der Waals surface area contributed by atoms with E-state index in [1.807, 2.05) is 5.38 Å². The molecular weight excluding hydrogens is 391 g/mol. The third-order valence-corrected chi connectivity index (χ3v) is 6.27. The number of amides is 2. The zero-order valence-electron chi connectivity index (χ0n) is 14.6. The third kappa shape index (κ3) is 4.05. The number of hydrogen-bond donors (Lipinski definition) is 1. The fraction of sp³-hybridized carbons (Fsp3) is 0.368. The highest BCUT2D eigenvalue weighted by atomic mass is 35.5. The highest BCUT2D eigenvalue weighted by Gasteiger charge is 2.25. The minimum Gasteiger partial charge on any atom is -0.332 e. The Morgan fingerprint density at radius 1 is 1.31 bits per heavy atom. The minimum absolute atomic E-state index is 0.0680. The van der Waals surface area contributed by atoms with Crippen molar-refractivity contribution in [2.45, 2.75) is 26.2 Å². The summed E-state index contributed by atoms with van der Waals surface area (Å²) in [5.74, 6) is 0.194. The second kappa shape index (κ2) is 7.99. The molecular formula is C19H20Cl2N2O2S. The van der Waals surface area contributed by atoms with Crippen molar-refractivity contribution in [3.8, 4) is 0 Å². The molecule has 0 aliphatic heterocycles. The number of hydrogen-bond acceptors (Lipinski definition) is 3. The maximum atomic E-state index is 12.8. The Hall–Kier alpha value is -1.56. The van der Waals surface area contributed by atoms with Crippen molar-refractivity contribution < 1.29 is 9.59 Å². The van der Waals surface area contributed by atoms with E-state index in [0.29, 0.717) is 21.7 Å². The van der Waals surface area contributed by atoms with Crippen LogP contribution in [0.1, 0.15) is 34.1 Å². The van der Waals surface area contributed by atoms with Crippen LogP contribution in [0, 0.1) is 5.92 Å². The molecule has 1 heterocycles. The molecule has 2 aromatic rings. The number of para-hydroxylation sites is 1. The van der Waals surface area contributed by atoms with Gasteiger partial charge < -0.3 is 10.2 Å². The molecule has 0 radical (unpaired) electrons. The van der Waals surface area contributed by atoms with E-state index in [1.165, 1.54) is 9.78 Å². The molecule has 0 saturated carbocycles. The van der Waals surface area contributed by atoms with Gasteiger partial charge in [0.2, 0.25) is 5.91 Å². The fourth-order valence-corrected chi connectivity index (χ4v) is 4.88. The van der Waals surface area contributed by atoms with Gasteiger partial charge in [-0.2, -0.15) is 0 Å². The lowest BCUT2D eigenvalue weighted by atomic mass is 9.88. The van der Waals surface area contributed by atoms with Crippen molar-refractivity contribution in [3.05, 3.63) is 49.6 Å². The molecule has 1 aliphatic carbocycles. The topological polar surface area (TPSA) is 49.4 Å². The summed E-state index contributed by atoms with van der Waals surface area (Å²) in [6.45, 7) is 2.17. The minimum atomic E-state index is -0.339. The summed E-state index contributed by atoms with van der Waals surface area (Å²) in [5, 5.41) is 5.33. The smallest absolute Gasteiger partial charge is 0.255 e. The van der Waals surface area contributed by atoms with E-state index in [0.717, 1.165) is 30.4 Å². The standard InChI is InChI=1S/C19H20Cl2N2O2S/c1-11-6-7-12-13(10-26-16(12)8-11)19(25)23(2)9-17(24)22-18-14(20)4-3-5-15(18)21/h3-5,10-11H,6-9H2,1-2H3,(H,22,24). The first-order chi connectivity index (χ1) is 12.4. The molecule has 1 aromatic heterocycles. The Labute approximate surface area is 167 Å². The van der Waals surface area contributed by atoms with Crippen LogP contribution >= 0.6 is 34.5 Å². The van der Waals surface area contributed by atoms with E-state index >= 15 is 0 Å². The van der Waals surface area contributed by atoms with Gasteiger partial charge in [-0.05, 0) is 42.9 Å². The molecule has 1 N–H and O–H groups in total. The number of rotatable bonds is 4. The summed E-state index contributed by atoms with van der Waals surface area (Å²) in [6.07, 6.45) is 3.05. The van der Waals surface area contributed by atoms with Crippen molar-refractivity contribution >= 4 is 52.0 Å². The number of thiophene rings is 1. The Morgan fingerprint density at radius 2 is 2.00 bits per heavy atom. The Balaban J connectivity index is 1.67. The van der Waals surface area contributed by atoms with Crippen molar-refractivity contribution in [2.24, 2.45) is 5.92 Å². The van der Waals surface area contributed by atoms with Gasteiger partial charge in [-0.25, -0.2) is 0 Å². The number of benzene rings is 1. The molecule has 3 rings (SSSR count). The summed E-state index contributed by atoms with van der Waals surface area (Å²) in [5.41, 5.74) is 2.24. The lowest BCUT2D eigenvalue weighted by Crippen LogP contribution is -2.35. The number of nitrogens with zero attached hydrogens (tertiary/aromatic N) is 1. The summed E-state index contributed by atoms with van der Waals surface area (Å²) >= 11 is 13.8. The van der Waals surface area contributed by atoms with Gasteiger partial charge in [0.05, 0.1) is 27.8 Å². The van der Waals surface area contributed by atoms with E-state index in [1.54, 1.807) is 36.6 Å². The van der Waals surface area contributed by atoms with E-state index in [4.69, 9.17) is 23.2 Å². The number of carbonyl (C=O) groups is 2. The number of anilines is 1. The fourth-order valence-electron chi connectivity index (χ4n) is 3.15. The van der Waals surface area contributed by atoms with Crippen LogP contribution in [0.3, 0.4) is 0 Å². The summed E-state index contributed by atoms with van der Waals surface area (Å²) in [4.78, 5) is 27.8. The molecule has 1 atom stereocenters. The average molecular weight is 411 g/mol. The van der Waals surface area contributed by atoms with Gasteiger partial charge in [-0.3, -0.25) is 9.59 Å². The van der Waals surface area contributed by atoms with E-state index in [-0.39, 0.29) is 18.4 Å². The second-order valence-corrected chi connectivity index (χ2v) is 8.48. The molecule has 0 fully saturated rings. The average Bonchev–Trinajstić information content (AvgIpc) is 3.00. The first kappa shape index (κ1) is 19.2. The van der Waals surface area contributed by atoms with Crippen molar-refractivity contribution in [1.82, 2.24) is 4.90 Å². The van der Waals surface area contributed by atoms with Gasteiger partial charge in [0, 0.05) is 17.3 Å². The molecule has 0 bridgehead atoms. The Kier molecular flexibility index (Phi) is 5.90. The number of halogens is 2. The first-order valence-corrected chi connectivity index (χ1v) is 10.1. The van der Waals surface area contributed by atoms with Gasteiger partial charge in [0.25, 0.3) is 5.91 Å². The van der Waals surface area contributed by atoms with Crippen LogP contribution in [0.25, 0.3) is 0 Å². The second-order valence-electron chi connectivity index (χ2n) is 6.71. The molecule has 1 aromatic carbocycles. The van der Waals surface area contributed by atoms with Crippen LogP contribution < -0.4 is 5.32 Å². The zero-order chi connectivity index (χ0) is 18.8. The molecule has 138 valence electrons. The van der Waals surface area contributed by atoms with Crippen LogP contribution in [0.4, 0.5) is 5.69 Å². The van der Waals surface area contributed by atoms with Crippen LogP contribution in [0.2, 0.25) is 10.0 Å². The molecule has 2 amide bonds. The highest BCUT2D eigenvalue weighted by Crippen LogP contribution is 2.33. The third-order valence-electron chi connectivity index (χ3n) is 4.59. The summed E-state index contributed by atoms with van der Waals surface area (Å²) in [6, 6.07) is 5.00. The predicted molar refractivity (Wildman–Crippen MR) is 108 cm³/mol. The molecule has 4 nitrogen and oxygen atoms in total. The van der Waals surface area contributed by atoms with Gasteiger partial charge in [-0.15, -0.1) is 11.3 Å². The predicted octanol–water partition coefficient (Wildman–Crippen LogP) is 4.89. The van der Waals surface area contributed by atoms with E-state index in [2.05, 4.69) is 12.2 Å². The lowest BCUT2D eigenvalue weighted by Gasteiger charge is -2.21. The number of carbonyl (C=O) groups excluding carboxylic acids is 2. The highest BCUT2D eigenvalue weighted by molar-refractivity contribution is 7.10. The van der Waals surface area contributed by atoms with E-state index in [9.17, 15) is 9.59 Å². The van der Waals surface area contributed by atoms with E-state index < -0.39 is 0 Å². The summed E-state index contributed by atoms with van der Waals surface area (Å²) < 4.78 is 0. The zero-order valence-corrected chi connectivity index (χ0v) is 17.0. The SMILES string of the molecule is CC1CCc2c(C(=O)N(C)CC(=O)Nc3c(Cl)cccc3Cl)csc2C1. The molecule has 1 aliphatic rings. The monoisotopic (exact) mass is 410 g/mol. The quantitative estimate of drug-likeness (QED) is 0.779. The molecule has 0 spiro atoms. The number of nitrogens with one attached hydrogen (secondary N) is 1. The maximum absolute atomic E-state index is 12.8.